The Bertz CT molecular complexity index is 1370. The SMILES string of the molecule is COc1ccc(C2C(=C(O)c3ccc(OCC(C)C)cc3C)C(=O)C(=O)N2Cc2cccnc2)cc1OC. The number of hydrogen-bond acceptors (Lipinski definition) is 7. The van der Waals surface area contributed by atoms with E-state index in [-0.39, 0.29) is 17.9 Å². The molecule has 0 spiro atoms. The van der Waals surface area contributed by atoms with Crippen molar-refractivity contribution in [3.05, 3.63) is 88.8 Å². The van der Waals surface area contributed by atoms with Crippen molar-refractivity contribution in [1.29, 1.82) is 0 Å². The molecule has 0 radical (unpaired) electrons. The van der Waals surface area contributed by atoms with Crippen LogP contribution in [0.25, 0.3) is 5.76 Å². The first-order valence-corrected chi connectivity index (χ1v) is 12.4. The topological polar surface area (TPSA) is 98.2 Å². The molecule has 1 atom stereocenters. The number of hydrogen-bond donors (Lipinski definition) is 1. The fraction of sp³-hybridized carbons (Fsp3) is 0.300. The van der Waals surface area contributed by atoms with Gasteiger partial charge in [-0.1, -0.05) is 26.0 Å². The highest BCUT2D eigenvalue weighted by atomic mass is 16.5. The fourth-order valence-corrected chi connectivity index (χ4v) is 4.50. The molecular formula is C30H32N2O6. The van der Waals surface area contributed by atoms with Gasteiger partial charge in [-0.3, -0.25) is 14.6 Å². The van der Waals surface area contributed by atoms with Crippen LogP contribution < -0.4 is 14.2 Å². The zero-order valence-electron chi connectivity index (χ0n) is 22.2. The minimum atomic E-state index is -0.855. The normalized spacial score (nSPS) is 16.7. The zero-order chi connectivity index (χ0) is 27.4. The van der Waals surface area contributed by atoms with E-state index in [1.165, 1.54) is 19.1 Å². The van der Waals surface area contributed by atoms with E-state index < -0.39 is 17.7 Å². The van der Waals surface area contributed by atoms with Gasteiger partial charge in [0.25, 0.3) is 11.7 Å². The maximum Gasteiger partial charge on any atom is 0.295 e. The lowest BCUT2D eigenvalue weighted by Gasteiger charge is -2.26. The maximum absolute atomic E-state index is 13.4. The van der Waals surface area contributed by atoms with Gasteiger partial charge in [0.15, 0.2) is 11.5 Å². The van der Waals surface area contributed by atoms with E-state index in [1.807, 2.05) is 19.1 Å². The van der Waals surface area contributed by atoms with Gasteiger partial charge in [0.2, 0.25) is 0 Å². The number of pyridine rings is 1. The van der Waals surface area contributed by atoms with Gasteiger partial charge in [-0.2, -0.15) is 0 Å². The first kappa shape index (κ1) is 26.7. The smallest absolute Gasteiger partial charge is 0.295 e. The van der Waals surface area contributed by atoms with E-state index in [2.05, 4.69) is 18.8 Å². The van der Waals surface area contributed by atoms with E-state index in [9.17, 15) is 14.7 Å². The van der Waals surface area contributed by atoms with Gasteiger partial charge in [0, 0.05) is 24.5 Å². The second-order valence-electron chi connectivity index (χ2n) is 9.58. The minimum Gasteiger partial charge on any atom is -0.507 e. The summed E-state index contributed by atoms with van der Waals surface area (Å²) in [5.74, 6) is 0.273. The number of rotatable bonds is 9. The number of aliphatic hydroxyl groups is 1. The molecule has 2 aromatic carbocycles. The molecule has 2 heterocycles. The van der Waals surface area contributed by atoms with Crippen LogP contribution in [0.2, 0.25) is 0 Å². The molecule has 0 saturated carbocycles. The lowest BCUT2D eigenvalue weighted by molar-refractivity contribution is -0.140. The van der Waals surface area contributed by atoms with Gasteiger partial charge in [0.05, 0.1) is 32.4 Å². The Morgan fingerprint density at radius 2 is 1.82 bits per heavy atom. The number of aryl methyl sites for hydroxylation is 1. The molecule has 1 aliphatic heterocycles. The van der Waals surface area contributed by atoms with Gasteiger partial charge < -0.3 is 24.2 Å². The van der Waals surface area contributed by atoms with Crippen molar-refractivity contribution in [2.24, 2.45) is 5.92 Å². The lowest BCUT2D eigenvalue weighted by Crippen LogP contribution is -2.29. The number of aromatic nitrogens is 1. The van der Waals surface area contributed by atoms with Crippen LogP contribution >= 0.6 is 0 Å². The molecule has 38 heavy (non-hydrogen) atoms. The van der Waals surface area contributed by atoms with Crippen LogP contribution in [0.1, 0.15) is 42.1 Å². The summed E-state index contributed by atoms with van der Waals surface area (Å²) in [6.45, 7) is 6.64. The van der Waals surface area contributed by atoms with E-state index in [0.717, 1.165) is 5.56 Å². The summed E-state index contributed by atoms with van der Waals surface area (Å²) in [5, 5.41) is 11.5. The number of nitrogens with zero attached hydrogens (tertiary/aromatic N) is 2. The summed E-state index contributed by atoms with van der Waals surface area (Å²) in [7, 11) is 3.05. The molecule has 1 fully saturated rings. The standard InChI is InChI=1S/C30H32N2O6/c1-18(2)17-38-22-9-10-23(19(3)13-22)28(33)26-27(21-8-11-24(36-4)25(14-21)37-5)32(30(35)29(26)34)16-20-7-6-12-31-15-20/h6-15,18,27,33H,16-17H2,1-5H3. The van der Waals surface area contributed by atoms with E-state index in [4.69, 9.17) is 14.2 Å². The molecule has 4 rings (SSSR count). The number of carbonyl (C=O) groups excluding carboxylic acids is 2. The Kier molecular flexibility index (Phi) is 8.00. The Morgan fingerprint density at radius 3 is 2.45 bits per heavy atom. The average Bonchev–Trinajstić information content (AvgIpc) is 3.16. The fourth-order valence-electron chi connectivity index (χ4n) is 4.50. The molecule has 1 unspecified atom stereocenters. The predicted molar refractivity (Wildman–Crippen MR) is 143 cm³/mol. The van der Waals surface area contributed by atoms with Crippen LogP contribution in [0.15, 0.2) is 66.5 Å². The predicted octanol–water partition coefficient (Wildman–Crippen LogP) is 5.06. The highest BCUT2D eigenvalue weighted by Crippen LogP contribution is 2.43. The maximum atomic E-state index is 13.4. The summed E-state index contributed by atoms with van der Waals surface area (Å²) >= 11 is 0. The van der Waals surface area contributed by atoms with Crippen LogP contribution in [-0.2, 0) is 16.1 Å². The molecule has 0 aliphatic carbocycles. The largest absolute Gasteiger partial charge is 0.507 e. The Hall–Kier alpha value is -4.33. The van der Waals surface area contributed by atoms with Crippen molar-refractivity contribution >= 4 is 17.4 Å². The van der Waals surface area contributed by atoms with Crippen molar-refractivity contribution in [2.45, 2.75) is 33.4 Å². The molecule has 3 aromatic rings. The lowest BCUT2D eigenvalue weighted by atomic mass is 9.93. The monoisotopic (exact) mass is 516 g/mol. The number of ether oxygens (including phenoxy) is 3. The number of benzene rings is 2. The van der Waals surface area contributed by atoms with Crippen LogP contribution in [0.4, 0.5) is 0 Å². The highest BCUT2D eigenvalue weighted by Gasteiger charge is 2.46. The first-order chi connectivity index (χ1) is 18.2. The Labute approximate surface area is 222 Å². The molecule has 8 heteroatoms. The summed E-state index contributed by atoms with van der Waals surface area (Å²) in [6.07, 6.45) is 3.28. The number of carbonyl (C=O) groups is 2. The molecule has 0 bridgehead atoms. The van der Waals surface area contributed by atoms with Gasteiger partial charge >= 0.3 is 0 Å². The second-order valence-corrected chi connectivity index (χ2v) is 9.58. The molecule has 1 amide bonds. The molecular weight excluding hydrogens is 484 g/mol. The van der Waals surface area contributed by atoms with Gasteiger partial charge in [-0.25, -0.2) is 0 Å². The van der Waals surface area contributed by atoms with Crippen LogP contribution in [0.5, 0.6) is 17.2 Å². The quantitative estimate of drug-likeness (QED) is 0.241. The number of likely N-dealkylation sites (tertiary alicyclic amines) is 1. The molecule has 1 aliphatic rings. The van der Waals surface area contributed by atoms with Crippen LogP contribution in [0.3, 0.4) is 0 Å². The number of aliphatic hydroxyl groups excluding tert-OH is 1. The molecule has 198 valence electrons. The summed E-state index contributed by atoms with van der Waals surface area (Å²) in [6, 6.07) is 13.2. The minimum absolute atomic E-state index is 0.00468. The van der Waals surface area contributed by atoms with Crippen molar-refractivity contribution in [2.75, 3.05) is 20.8 Å². The van der Waals surface area contributed by atoms with E-state index in [0.29, 0.717) is 46.5 Å². The van der Waals surface area contributed by atoms with E-state index >= 15 is 0 Å². The zero-order valence-corrected chi connectivity index (χ0v) is 22.2. The van der Waals surface area contributed by atoms with Gasteiger partial charge in [0.1, 0.15) is 11.5 Å². The first-order valence-electron chi connectivity index (χ1n) is 12.4. The van der Waals surface area contributed by atoms with E-state index in [1.54, 1.807) is 48.8 Å². The van der Waals surface area contributed by atoms with Gasteiger partial charge in [-0.15, -0.1) is 0 Å². The van der Waals surface area contributed by atoms with Crippen molar-refractivity contribution in [3.63, 3.8) is 0 Å². The third-order valence-electron chi connectivity index (χ3n) is 6.38. The molecule has 8 nitrogen and oxygen atoms in total. The van der Waals surface area contributed by atoms with Crippen LogP contribution in [0, 0.1) is 12.8 Å². The van der Waals surface area contributed by atoms with Crippen molar-refractivity contribution in [1.82, 2.24) is 9.88 Å². The van der Waals surface area contributed by atoms with Crippen molar-refractivity contribution < 1.29 is 28.9 Å². The van der Waals surface area contributed by atoms with Crippen LogP contribution in [-0.4, -0.2) is 47.5 Å². The number of Topliss-reactive ketones (excluding diaryl/α,β-unsaturated/α-hetero) is 1. The second kappa shape index (κ2) is 11.4. The van der Waals surface area contributed by atoms with Gasteiger partial charge in [-0.05, 0) is 65.9 Å². The van der Waals surface area contributed by atoms with Crippen molar-refractivity contribution in [3.8, 4) is 17.2 Å². The number of amides is 1. The summed E-state index contributed by atoms with van der Waals surface area (Å²) < 4.78 is 16.7. The third-order valence-corrected chi connectivity index (χ3v) is 6.38. The number of ketones is 1. The summed E-state index contributed by atoms with van der Waals surface area (Å²) in [5.41, 5.74) is 2.52. The Balaban J connectivity index is 1.84. The Morgan fingerprint density at radius 1 is 1.05 bits per heavy atom. The number of methoxy groups -OCH3 is 2. The molecule has 1 N–H and O–H groups in total. The third kappa shape index (κ3) is 5.34. The average molecular weight is 517 g/mol. The molecule has 1 aromatic heterocycles. The summed E-state index contributed by atoms with van der Waals surface area (Å²) in [4.78, 5) is 32.4. The highest BCUT2D eigenvalue weighted by molar-refractivity contribution is 6.46. The molecule has 1 saturated heterocycles.